The quantitative estimate of drug-likeness (QED) is 0.384. The highest BCUT2D eigenvalue weighted by Crippen LogP contribution is 2.26. The first-order valence-corrected chi connectivity index (χ1v) is 11.9. The molecular formula is C26H31N7O. The maximum Gasteiger partial charge on any atom is 0.141 e. The van der Waals surface area contributed by atoms with Gasteiger partial charge in [-0.3, -0.25) is 5.41 Å². The fourth-order valence-electron chi connectivity index (χ4n) is 4.51. The van der Waals surface area contributed by atoms with Gasteiger partial charge in [0, 0.05) is 44.3 Å². The molecule has 0 radical (unpaired) electrons. The van der Waals surface area contributed by atoms with Gasteiger partial charge in [0.25, 0.3) is 0 Å². The second-order valence-electron chi connectivity index (χ2n) is 9.04. The second kappa shape index (κ2) is 10.2. The van der Waals surface area contributed by atoms with E-state index >= 15 is 0 Å². The summed E-state index contributed by atoms with van der Waals surface area (Å²) in [7, 11) is 0. The number of hydrogen-bond acceptors (Lipinski definition) is 8. The maximum absolute atomic E-state index is 8.84. The fourth-order valence-corrected chi connectivity index (χ4v) is 4.51. The van der Waals surface area contributed by atoms with Gasteiger partial charge in [-0.25, -0.2) is 9.97 Å². The van der Waals surface area contributed by atoms with Crippen molar-refractivity contribution < 1.29 is 4.74 Å². The number of likely N-dealkylation sites (tertiary alicyclic amines) is 1. The van der Waals surface area contributed by atoms with Crippen LogP contribution in [-0.2, 0) is 0 Å². The standard InChI is InChI=1S/C26H31N7O/c27-24(19-6-8-22(9-7-19)34-21-4-2-1-3-5-21)23-25(28)30-17-31-26(23)32-20-10-12-33(13-11-20)16-18-14-29-15-18/h1-9,17-18,20,27,29H,10-16H2,(H3,28,30,31,32). The number of para-hydroxylation sites is 1. The van der Waals surface area contributed by atoms with Crippen LogP contribution in [0.5, 0.6) is 11.5 Å². The molecule has 0 saturated carbocycles. The van der Waals surface area contributed by atoms with Crippen molar-refractivity contribution in [2.45, 2.75) is 18.9 Å². The van der Waals surface area contributed by atoms with Crippen molar-refractivity contribution >= 4 is 17.3 Å². The monoisotopic (exact) mass is 457 g/mol. The van der Waals surface area contributed by atoms with E-state index in [1.807, 2.05) is 54.6 Å². The van der Waals surface area contributed by atoms with Crippen LogP contribution in [0.25, 0.3) is 0 Å². The number of benzene rings is 2. The summed E-state index contributed by atoms with van der Waals surface area (Å²) in [5, 5.41) is 15.7. The smallest absolute Gasteiger partial charge is 0.141 e. The average Bonchev–Trinajstić information content (AvgIpc) is 2.83. The van der Waals surface area contributed by atoms with E-state index in [2.05, 4.69) is 25.5 Å². The number of hydrogen-bond donors (Lipinski definition) is 4. The van der Waals surface area contributed by atoms with Crippen LogP contribution in [0, 0.1) is 11.3 Å². The zero-order valence-electron chi connectivity index (χ0n) is 19.2. The number of rotatable bonds is 8. The highest BCUT2D eigenvalue weighted by Gasteiger charge is 2.26. The summed E-state index contributed by atoms with van der Waals surface area (Å²) in [5.74, 6) is 3.21. The van der Waals surface area contributed by atoms with E-state index in [4.69, 9.17) is 15.9 Å². The van der Waals surface area contributed by atoms with Crippen molar-refractivity contribution in [3.63, 3.8) is 0 Å². The van der Waals surface area contributed by atoms with Crippen molar-refractivity contribution in [3.8, 4) is 11.5 Å². The molecule has 2 fully saturated rings. The zero-order valence-corrected chi connectivity index (χ0v) is 19.2. The lowest BCUT2D eigenvalue weighted by Crippen LogP contribution is -2.50. The molecule has 0 atom stereocenters. The third-order valence-electron chi connectivity index (χ3n) is 6.56. The van der Waals surface area contributed by atoms with Crippen LogP contribution in [0.15, 0.2) is 60.9 Å². The molecule has 5 rings (SSSR count). The normalized spacial score (nSPS) is 17.2. The maximum atomic E-state index is 8.84. The van der Waals surface area contributed by atoms with Gasteiger partial charge in [0.1, 0.15) is 29.5 Å². The fraction of sp³-hybridized carbons (Fsp3) is 0.346. The third kappa shape index (κ3) is 5.18. The van der Waals surface area contributed by atoms with Crippen LogP contribution < -0.4 is 21.1 Å². The summed E-state index contributed by atoms with van der Waals surface area (Å²) in [6, 6.07) is 17.4. The number of nitrogens with zero attached hydrogens (tertiary/aromatic N) is 3. The molecule has 3 heterocycles. The topological polar surface area (TPSA) is 112 Å². The Bertz CT molecular complexity index is 1110. The van der Waals surface area contributed by atoms with Gasteiger partial charge in [0.2, 0.25) is 0 Å². The van der Waals surface area contributed by atoms with Gasteiger partial charge in [-0.15, -0.1) is 0 Å². The molecule has 2 saturated heterocycles. The zero-order chi connectivity index (χ0) is 23.3. The third-order valence-corrected chi connectivity index (χ3v) is 6.56. The summed E-state index contributed by atoms with van der Waals surface area (Å²) in [4.78, 5) is 11.2. The SMILES string of the molecule is N=C(c1ccc(Oc2ccccc2)cc1)c1c(N)ncnc1NC1CCN(CC2CNC2)CC1. The molecule has 0 amide bonds. The van der Waals surface area contributed by atoms with Crippen molar-refractivity contribution in [1.82, 2.24) is 20.2 Å². The van der Waals surface area contributed by atoms with E-state index in [9.17, 15) is 0 Å². The number of nitrogen functional groups attached to an aromatic ring is 1. The minimum Gasteiger partial charge on any atom is -0.457 e. The van der Waals surface area contributed by atoms with Crippen LogP contribution >= 0.6 is 0 Å². The summed E-state index contributed by atoms with van der Waals surface area (Å²) >= 11 is 0. The number of anilines is 2. The number of ether oxygens (including phenoxy) is 1. The molecule has 0 unspecified atom stereocenters. The van der Waals surface area contributed by atoms with Gasteiger partial charge < -0.3 is 26.0 Å². The molecule has 0 aliphatic carbocycles. The predicted molar refractivity (Wildman–Crippen MR) is 135 cm³/mol. The van der Waals surface area contributed by atoms with E-state index in [0.717, 1.165) is 56.3 Å². The van der Waals surface area contributed by atoms with Crippen molar-refractivity contribution in [3.05, 3.63) is 72.1 Å². The average molecular weight is 458 g/mol. The minimum atomic E-state index is 0.293. The summed E-state index contributed by atoms with van der Waals surface area (Å²) < 4.78 is 5.87. The van der Waals surface area contributed by atoms with Crippen LogP contribution in [0.4, 0.5) is 11.6 Å². The minimum absolute atomic E-state index is 0.293. The number of aromatic nitrogens is 2. The molecule has 8 heteroatoms. The Morgan fingerprint density at radius 1 is 1.03 bits per heavy atom. The van der Waals surface area contributed by atoms with Gasteiger partial charge in [0.05, 0.1) is 11.3 Å². The molecule has 2 aliphatic heterocycles. The molecule has 34 heavy (non-hydrogen) atoms. The molecule has 0 spiro atoms. The Hall–Kier alpha value is -3.49. The lowest BCUT2D eigenvalue weighted by Gasteiger charge is -2.37. The van der Waals surface area contributed by atoms with Crippen LogP contribution in [0.2, 0.25) is 0 Å². The largest absolute Gasteiger partial charge is 0.457 e. The molecule has 0 bridgehead atoms. The molecule has 8 nitrogen and oxygen atoms in total. The summed E-state index contributed by atoms with van der Waals surface area (Å²) in [5.41, 5.74) is 7.79. The van der Waals surface area contributed by atoms with Gasteiger partial charge in [-0.2, -0.15) is 0 Å². The first-order chi connectivity index (χ1) is 16.7. The molecule has 5 N–H and O–H groups in total. The van der Waals surface area contributed by atoms with Gasteiger partial charge in [0.15, 0.2) is 0 Å². The van der Waals surface area contributed by atoms with Crippen LogP contribution in [-0.4, -0.2) is 59.3 Å². The first-order valence-electron chi connectivity index (χ1n) is 11.9. The van der Waals surface area contributed by atoms with E-state index in [1.165, 1.54) is 12.9 Å². The number of piperidine rings is 1. The Morgan fingerprint density at radius 3 is 2.41 bits per heavy atom. The molecular weight excluding hydrogens is 426 g/mol. The van der Waals surface area contributed by atoms with Gasteiger partial charge in [-0.1, -0.05) is 18.2 Å². The Labute approximate surface area is 200 Å². The second-order valence-corrected chi connectivity index (χ2v) is 9.04. The van der Waals surface area contributed by atoms with Gasteiger partial charge >= 0.3 is 0 Å². The van der Waals surface area contributed by atoms with E-state index in [0.29, 0.717) is 34.7 Å². The Kier molecular flexibility index (Phi) is 6.69. The first kappa shape index (κ1) is 22.3. The van der Waals surface area contributed by atoms with Crippen molar-refractivity contribution in [2.75, 3.05) is 43.8 Å². The molecule has 2 aliphatic rings. The highest BCUT2D eigenvalue weighted by molar-refractivity contribution is 6.16. The number of nitrogens with two attached hydrogens (primary N) is 1. The lowest BCUT2D eigenvalue weighted by atomic mass is 9.99. The van der Waals surface area contributed by atoms with Crippen LogP contribution in [0.1, 0.15) is 24.0 Å². The van der Waals surface area contributed by atoms with Crippen molar-refractivity contribution in [1.29, 1.82) is 5.41 Å². The predicted octanol–water partition coefficient (Wildman–Crippen LogP) is 3.36. The molecule has 2 aromatic carbocycles. The molecule has 1 aromatic heterocycles. The Balaban J connectivity index is 1.25. The molecule has 176 valence electrons. The summed E-state index contributed by atoms with van der Waals surface area (Å²) in [6.45, 7) is 5.61. The van der Waals surface area contributed by atoms with Crippen LogP contribution in [0.3, 0.4) is 0 Å². The molecule has 3 aromatic rings. The van der Waals surface area contributed by atoms with E-state index in [-0.39, 0.29) is 0 Å². The highest BCUT2D eigenvalue weighted by atomic mass is 16.5. The summed E-state index contributed by atoms with van der Waals surface area (Å²) in [6.07, 6.45) is 3.55. The number of nitrogens with one attached hydrogen (secondary N) is 3. The van der Waals surface area contributed by atoms with E-state index < -0.39 is 0 Å². The Morgan fingerprint density at radius 2 is 1.74 bits per heavy atom. The lowest BCUT2D eigenvalue weighted by molar-refractivity contribution is 0.162. The van der Waals surface area contributed by atoms with Gasteiger partial charge in [-0.05, 0) is 55.2 Å². The van der Waals surface area contributed by atoms with E-state index in [1.54, 1.807) is 0 Å². The van der Waals surface area contributed by atoms with Crippen molar-refractivity contribution in [2.24, 2.45) is 5.92 Å².